The molecule has 0 atom stereocenters. The Bertz CT molecular complexity index is 981. The maximum absolute atomic E-state index is 12.3. The van der Waals surface area contributed by atoms with E-state index in [2.05, 4.69) is 4.98 Å². The Morgan fingerprint density at radius 3 is 2.54 bits per heavy atom. The Morgan fingerprint density at radius 2 is 1.71 bits per heavy atom. The van der Waals surface area contributed by atoms with Crippen molar-refractivity contribution in [1.29, 1.82) is 0 Å². The Balaban J connectivity index is 1.80. The molecule has 1 aliphatic rings. The van der Waals surface area contributed by atoms with Crippen molar-refractivity contribution in [3.63, 3.8) is 0 Å². The maximum Gasteiger partial charge on any atom is 0.310 e. The molecule has 4 heteroatoms. The Morgan fingerprint density at radius 1 is 0.958 bits per heavy atom. The first kappa shape index (κ1) is 14.2. The number of aromatic nitrogens is 1. The molecule has 0 saturated heterocycles. The van der Waals surface area contributed by atoms with Gasteiger partial charge in [0.05, 0.1) is 0 Å². The fourth-order valence-corrected chi connectivity index (χ4v) is 2.68. The summed E-state index contributed by atoms with van der Waals surface area (Å²) < 4.78 is 5.34. The third-order valence-electron chi connectivity index (χ3n) is 3.87. The number of hydrogen-bond acceptors (Lipinski definition) is 4. The molecule has 2 aromatic carbocycles. The van der Waals surface area contributed by atoms with Gasteiger partial charge in [-0.25, -0.2) is 4.98 Å². The second kappa shape index (κ2) is 5.66. The van der Waals surface area contributed by atoms with E-state index < -0.39 is 0 Å². The highest BCUT2D eigenvalue weighted by atomic mass is 16.5. The molecule has 0 fully saturated rings. The van der Waals surface area contributed by atoms with Crippen LogP contribution in [0.3, 0.4) is 0 Å². The van der Waals surface area contributed by atoms with Crippen molar-refractivity contribution in [3.05, 3.63) is 77.5 Å². The second-order valence-electron chi connectivity index (χ2n) is 5.42. The van der Waals surface area contributed by atoms with Gasteiger partial charge in [-0.3, -0.25) is 4.79 Å². The average Bonchev–Trinajstić information content (AvgIpc) is 2.99. The number of benzene rings is 2. The molecule has 4 rings (SSSR count). The van der Waals surface area contributed by atoms with E-state index >= 15 is 0 Å². The minimum atomic E-state index is -0.304. The number of nitrogens with zero attached hydrogens (tertiary/aromatic N) is 1. The molecule has 1 aromatic heterocycles. The summed E-state index contributed by atoms with van der Waals surface area (Å²) in [5.74, 6) is -0.120. The maximum atomic E-state index is 12.3. The van der Waals surface area contributed by atoms with Crippen LogP contribution >= 0.6 is 0 Å². The van der Waals surface area contributed by atoms with Gasteiger partial charge in [0, 0.05) is 11.1 Å². The van der Waals surface area contributed by atoms with E-state index in [0.29, 0.717) is 11.5 Å². The zero-order chi connectivity index (χ0) is 16.5. The largest absolute Gasteiger partial charge is 0.479 e. The van der Waals surface area contributed by atoms with Gasteiger partial charge in [0.15, 0.2) is 5.78 Å². The zero-order valence-corrected chi connectivity index (χ0v) is 12.6. The Labute approximate surface area is 138 Å². The lowest BCUT2D eigenvalue weighted by atomic mass is 9.91. The number of oxazole rings is 1. The van der Waals surface area contributed by atoms with Crippen molar-refractivity contribution in [2.45, 2.75) is 0 Å². The third-order valence-corrected chi connectivity index (χ3v) is 3.87. The molecule has 0 saturated carbocycles. The van der Waals surface area contributed by atoms with Crippen LogP contribution in [0.4, 0.5) is 0 Å². The summed E-state index contributed by atoms with van der Waals surface area (Å²) in [6.45, 7) is 0. The summed E-state index contributed by atoms with van der Waals surface area (Å²) in [5.41, 5.74) is 3.25. The van der Waals surface area contributed by atoms with Crippen LogP contribution in [0.15, 0.2) is 65.1 Å². The molecule has 1 aliphatic carbocycles. The van der Waals surface area contributed by atoms with Gasteiger partial charge in [0.25, 0.3) is 0 Å². The number of fused-ring (bicyclic) bond motifs is 1. The van der Waals surface area contributed by atoms with Crippen molar-refractivity contribution in [2.24, 2.45) is 0 Å². The van der Waals surface area contributed by atoms with Gasteiger partial charge in [0.1, 0.15) is 5.69 Å². The molecular formula is C20H13NO3. The smallest absolute Gasteiger partial charge is 0.310 e. The van der Waals surface area contributed by atoms with Crippen LogP contribution in [-0.4, -0.2) is 15.9 Å². The lowest BCUT2D eigenvalue weighted by Gasteiger charge is -2.12. The predicted molar refractivity (Wildman–Crippen MR) is 92.0 cm³/mol. The molecule has 116 valence electrons. The summed E-state index contributed by atoms with van der Waals surface area (Å²) in [4.78, 5) is 16.6. The average molecular weight is 315 g/mol. The van der Waals surface area contributed by atoms with Crippen molar-refractivity contribution in [2.75, 3.05) is 0 Å². The van der Waals surface area contributed by atoms with Crippen LogP contribution in [0.5, 0.6) is 5.95 Å². The number of allylic oxidation sites excluding steroid dienone is 2. The van der Waals surface area contributed by atoms with Gasteiger partial charge in [0.2, 0.25) is 5.89 Å². The third kappa shape index (κ3) is 2.44. The molecule has 1 heterocycles. The van der Waals surface area contributed by atoms with E-state index in [0.717, 1.165) is 16.7 Å². The molecule has 0 radical (unpaired) electrons. The topological polar surface area (TPSA) is 63.3 Å². The van der Waals surface area contributed by atoms with Gasteiger partial charge in [-0.05, 0) is 35.4 Å². The Kier molecular flexibility index (Phi) is 3.35. The molecule has 0 aliphatic heterocycles. The SMILES string of the molecule is O=C1C=Cc2ccccc2/C1=C\c1nc(-c2ccccc2)oc1O. The van der Waals surface area contributed by atoms with E-state index in [1.54, 1.807) is 12.2 Å². The molecule has 0 bridgehead atoms. The molecule has 1 N–H and O–H groups in total. The number of ketones is 1. The van der Waals surface area contributed by atoms with Crippen molar-refractivity contribution in [1.82, 2.24) is 4.98 Å². The lowest BCUT2D eigenvalue weighted by molar-refractivity contribution is -0.109. The summed E-state index contributed by atoms with van der Waals surface area (Å²) in [5, 5.41) is 10.1. The molecule has 0 spiro atoms. The van der Waals surface area contributed by atoms with Crippen LogP contribution < -0.4 is 0 Å². The first-order chi connectivity index (χ1) is 11.7. The van der Waals surface area contributed by atoms with Crippen LogP contribution in [0, 0.1) is 0 Å². The minimum absolute atomic E-state index is 0.127. The fraction of sp³-hybridized carbons (Fsp3) is 0. The summed E-state index contributed by atoms with van der Waals surface area (Å²) >= 11 is 0. The van der Waals surface area contributed by atoms with Crippen LogP contribution in [0.2, 0.25) is 0 Å². The second-order valence-corrected chi connectivity index (χ2v) is 5.42. The number of carbonyl (C=O) groups excluding carboxylic acids is 1. The van der Waals surface area contributed by atoms with Gasteiger partial charge in [-0.2, -0.15) is 0 Å². The summed E-state index contributed by atoms with van der Waals surface area (Å²) in [6.07, 6.45) is 4.87. The van der Waals surface area contributed by atoms with Crippen molar-refractivity contribution < 1.29 is 14.3 Å². The highest BCUT2D eigenvalue weighted by Crippen LogP contribution is 2.32. The molecule has 0 amide bonds. The van der Waals surface area contributed by atoms with Crippen LogP contribution in [0.25, 0.3) is 29.2 Å². The highest BCUT2D eigenvalue weighted by molar-refractivity contribution is 6.33. The lowest BCUT2D eigenvalue weighted by Crippen LogP contribution is -2.04. The Hall–Kier alpha value is -3.40. The van der Waals surface area contributed by atoms with Crippen molar-refractivity contribution in [3.8, 4) is 17.4 Å². The van der Waals surface area contributed by atoms with E-state index in [-0.39, 0.29) is 17.4 Å². The van der Waals surface area contributed by atoms with Crippen molar-refractivity contribution >= 4 is 23.5 Å². The van der Waals surface area contributed by atoms with Gasteiger partial charge in [-0.1, -0.05) is 48.5 Å². The van der Waals surface area contributed by atoms with Gasteiger partial charge < -0.3 is 9.52 Å². The molecule has 4 nitrogen and oxygen atoms in total. The number of aromatic hydroxyl groups is 1. The number of rotatable bonds is 2. The van der Waals surface area contributed by atoms with E-state index in [1.165, 1.54) is 6.08 Å². The van der Waals surface area contributed by atoms with Gasteiger partial charge in [-0.15, -0.1) is 0 Å². The molecule has 24 heavy (non-hydrogen) atoms. The van der Waals surface area contributed by atoms with Gasteiger partial charge >= 0.3 is 5.95 Å². The summed E-state index contributed by atoms with van der Waals surface area (Å²) in [6, 6.07) is 16.9. The molecule has 0 unspecified atom stereocenters. The normalized spacial score (nSPS) is 14.8. The predicted octanol–water partition coefficient (Wildman–Crippen LogP) is 4.18. The number of carbonyl (C=O) groups is 1. The van der Waals surface area contributed by atoms with Crippen LogP contribution in [-0.2, 0) is 4.79 Å². The summed E-state index contributed by atoms with van der Waals surface area (Å²) in [7, 11) is 0. The van der Waals surface area contributed by atoms with E-state index in [9.17, 15) is 9.90 Å². The molecule has 3 aromatic rings. The quantitative estimate of drug-likeness (QED) is 0.720. The monoisotopic (exact) mass is 315 g/mol. The first-order valence-electron chi connectivity index (χ1n) is 7.51. The fourth-order valence-electron chi connectivity index (χ4n) is 2.68. The highest BCUT2D eigenvalue weighted by Gasteiger charge is 2.19. The van der Waals surface area contributed by atoms with Crippen LogP contribution in [0.1, 0.15) is 16.8 Å². The van der Waals surface area contributed by atoms with E-state index in [1.807, 2.05) is 54.6 Å². The molecular weight excluding hydrogens is 302 g/mol. The number of hydrogen-bond donors (Lipinski definition) is 1. The zero-order valence-electron chi connectivity index (χ0n) is 12.6. The standard InChI is InChI=1S/C20H13NO3/c22-18-11-10-13-6-4-5-9-15(13)16(18)12-17-20(23)24-19(21-17)14-7-2-1-3-8-14/h1-12,23H/b16-12+. The van der Waals surface area contributed by atoms with E-state index in [4.69, 9.17) is 4.42 Å². The minimum Gasteiger partial charge on any atom is -0.479 e. The first-order valence-corrected chi connectivity index (χ1v) is 7.51.